The smallest absolute Gasteiger partial charge is 0.349 e. The molecule has 1 heterocycles. The van der Waals surface area contributed by atoms with Crippen LogP contribution >= 0.6 is 0 Å². The van der Waals surface area contributed by atoms with Gasteiger partial charge in [0.1, 0.15) is 0 Å². The van der Waals surface area contributed by atoms with Gasteiger partial charge < -0.3 is 10.2 Å². The van der Waals surface area contributed by atoms with Gasteiger partial charge in [-0.05, 0) is 49.4 Å². The molecule has 2 amide bonds. The van der Waals surface area contributed by atoms with Gasteiger partial charge in [-0.2, -0.15) is 13.2 Å². The second kappa shape index (κ2) is 9.63. The first-order valence-electron chi connectivity index (χ1n) is 10.6. The first-order chi connectivity index (χ1) is 13.8. The van der Waals surface area contributed by atoms with E-state index in [2.05, 4.69) is 5.32 Å². The minimum atomic E-state index is -4.41. The Balaban J connectivity index is 1.40. The fourth-order valence-corrected chi connectivity index (χ4v) is 4.31. The van der Waals surface area contributed by atoms with Gasteiger partial charge in [0.25, 0.3) is 5.91 Å². The van der Waals surface area contributed by atoms with E-state index in [9.17, 15) is 22.8 Å². The van der Waals surface area contributed by atoms with Crippen LogP contribution < -0.4 is 5.32 Å². The fourth-order valence-electron chi connectivity index (χ4n) is 4.31. The van der Waals surface area contributed by atoms with Crippen molar-refractivity contribution in [3.05, 3.63) is 35.4 Å². The summed E-state index contributed by atoms with van der Waals surface area (Å²) in [6, 6.07) is 4.17. The summed E-state index contributed by atoms with van der Waals surface area (Å²) in [5.41, 5.74) is -0.557. The minimum Gasteiger partial charge on any atom is -0.349 e. The number of carbonyl (C=O) groups is 2. The number of rotatable bonds is 5. The van der Waals surface area contributed by atoms with Crippen LogP contribution in [-0.4, -0.2) is 35.8 Å². The van der Waals surface area contributed by atoms with E-state index in [1.807, 2.05) is 4.90 Å². The molecule has 1 aliphatic heterocycles. The van der Waals surface area contributed by atoms with Crippen molar-refractivity contribution in [3.63, 3.8) is 0 Å². The number of nitrogens with zero attached hydrogens (tertiary/aromatic N) is 1. The van der Waals surface area contributed by atoms with Crippen molar-refractivity contribution >= 4 is 11.8 Å². The highest BCUT2D eigenvalue weighted by atomic mass is 19.4. The van der Waals surface area contributed by atoms with Crippen molar-refractivity contribution in [2.24, 2.45) is 5.92 Å². The van der Waals surface area contributed by atoms with E-state index < -0.39 is 11.7 Å². The average molecular weight is 410 g/mol. The molecule has 1 aromatic rings. The standard InChI is InChI=1S/C22H29F3N2O2/c23-22(24,25)18-9-7-17(8-10-18)21(29)26-19-12-14-27(15-13-19)20(28)11-6-16-4-2-1-3-5-16/h7-10,16,19H,1-6,11-15H2,(H,26,29). The summed E-state index contributed by atoms with van der Waals surface area (Å²) in [7, 11) is 0. The maximum atomic E-state index is 12.6. The van der Waals surface area contributed by atoms with Crippen LogP contribution in [-0.2, 0) is 11.0 Å². The molecule has 1 aromatic carbocycles. The third kappa shape index (κ3) is 6.21. The molecule has 160 valence electrons. The number of nitrogens with one attached hydrogen (secondary N) is 1. The van der Waals surface area contributed by atoms with Gasteiger partial charge in [0.15, 0.2) is 0 Å². The van der Waals surface area contributed by atoms with Crippen LogP contribution in [0, 0.1) is 5.92 Å². The zero-order valence-corrected chi connectivity index (χ0v) is 16.6. The van der Waals surface area contributed by atoms with Gasteiger partial charge >= 0.3 is 6.18 Å². The lowest BCUT2D eigenvalue weighted by Gasteiger charge is -2.33. The number of amides is 2. The van der Waals surface area contributed by atoms with Crippen LogP contribution in [0.4, 0.5) is 13.2 Å². The van der Waals surface area contributed by atoms with Crippen molar-refractivity contribution in [2.45, 2.75) is 70.0 Å². The van der Waals surface area contributed by atoms with Gasteiger partial charge in [0.2, 0.25) is 5.91 Å². The number of likely N-dealkylation sites (tertiary alicyclic amines) is 1. The molecule has 0 spiro atoms. The number of benzene rings is 1. The molecule has 1 saturated carbocycles. The maximum absolute atomic E-state index is 12.6. The monoisotopic (exact) mass is 410 g/mol. The van der Waals surface area contributed by atoms with E-state index >= 15 is 0 Å². The molecule has 7 heteroatoms. The third-order valence-electron chi connectivity index (χ3n) is 6.15. The zero-order valence-electron chi connectivity index (χ0n) is 16.6. The van der Waals surface area contributed by atoms with Crippen molar-refractivity contribution in [3.8, 4) is 0 Å². The highest BCUT2D eigenvalue weighted by molar-refractivity contribution is 5.94. The molecule has 4 nitrogen and oxygen atoms in total. The number of piperidine rings is 1. The zero-order chi connectivity index (χ0) is 20.9. The topological polar surface area (TPSA) is 49.4 Å². The summed E-state index contributed by atoms with van der Waals surface area (Å²) in [6.45, 7) is 1.23. The third-order valence-corrected chi connectivity index (χ3v) is 6.15. The van der Waals surface area contributed by atoms with Crippen LogP contribution in [0.5, 0.6) is 0 Å². The normalized spacial score (nSPS) is 19.2. The molecular formula is C22H29F3N2O2. The SMILES string of the molecule is O=C(NC1CCN(C(=O)CCC2CCCCC2)CC1)c1ccc(C(F)(F)F)cc1. The number of hydrogen-bond donors (Lipinski definition) is 1. The Hall–Kier alpha value is -2.05. The molecule has 0 atom stereocenters. The van der Waals surface area contributed by atoms with Crippen LogP contribution in [0.25, 0.3) is 0 Å². The predicted octanol–water partition coefficient (Wildman–Crippen LogP) is 4.79. The quantitative estimate of drug-likeness (QED) is 0.759. The van der Waals surface area contributed by atoms with E-state index in [1.165, 1.54) is 44.2 Å². The first-order valence-corrected chi connectivity index (χ1v) is 10.6. The number of hydrogen-bond acceptors (Lipinski definition) is 2. The molecule has 1 aliphatic carbocycles. The Labute approximate surface area is 169 Å². The summed E-state index contributed by atoms with van der Waals surface area (Å²) in [6.07, 6.45) is 4.86. The predicted molar refractivity (Wildman–Crippen MR) is 104 cm³/mol. The summed E-state index contributed by atoms with van der Waals surface area (Å²) in [4.78, 5) is 26.6. The summed E-state index contributed by atoms with van der Waals surface area (Å²) < 4.78 is 37.9. The Kier molecular flexibility index (Phi) is 7.19. The van der Waals surface area contributed by atoms with Gasteiger partial charge in [0.05, 0.1) is 5.56 Å². The van der Waals surface area contributed by atoms with E-state index in [0.29, 0.717) is 38.3 Å². The molecule has 3 rings (SSSR count). The molecule has 2 aliphatic rings. The largest absolute Gasteiger partial charge is 0.416 e. The number of alkyl halides is 3. The van der Waals surface area contributed by atoms with Crippen LogP contribution in [0.15, 0.2) is 24.3 Å². The average Bonchev–Trinajstić information content (AvgIpc) is 2.73. The van der Waals surface area contributed by atoms with Crippen LogP contribution in [0.3, 0.4) is 0 Å². The Morgan fingerprint density at radius 2 is 1.59 bits per heavy atom. The van der Waals surface area contributed by atoms with Gasteiger partial charge in [-0.1, -0.05) is 32.1 Å². The summed E-state index contributed by atoms with van der Waals surface area (Å²) in [5.74, 6) is 0.511. The molecule has 2 fully saturated rings. The fraction of sp³-hybridized carbons (Fsp3) is 0.636. The molecule has 0 aromatic heterocycles. The minimum absolute atomic E-state index is 0.0628. The van der Waals surface area contributed by atoms with Crippen molar-refractivity contribution in [2.75, 3.05) is 13.1 Å². The Morgan fingerprint density at radius 1 is 0.966 bits per heavy atom. The maximum Gasteiger partial charge on any atom is 0.416 e. The summed E-state index contributed by atoms with van der Waals surface area (Å²) >= 11 is 0. The lowest BCUT2D eigenvalue weighted by molar-refractivity contribution is -0.137. The van der Waals surface area contributed by atoms with Crippen LogP contribution in [0.1, 0.15) is 73.7 Å². The number of halogens is 3. The van der Waals surface area contributed by atoms with Crippen LogP contribution in [0.2, 0.25) is 0 Å². The Bertz CT molecular complexity index is 689. The lowest BCUT2D eigenvalue weighted by Crippen LogP contribution is -2.46. The van der Waals surface area contributed by atoms with E-state index in [0.717, 1.165) is 18.6 Å². The number of carbonyl (C=O) groups excluding carboxylic acids is 2. The van der Waals surface area contributed by atoms with Gasteiger partial charge in [0, 0.05) is 31.1 Å². The molecule has 0 radical (unpaired) electrons. The van der Waals surface area contributed by atoms with E-state index in [1.54, 1.807) is 0 Å². The van der Waals surface area contributed by atoms with Gasteiger partial charge in [-0.25, -0.2) is 0 Å². The van der Waals surface area contributed by atoms with Crippen molar-refractivity contribution in [1.82, 2.24) is 10.2 Å². The van der Waals surface area contributed by atoms with E-state index in [-0.39, 0.29) is 23.4 Å². The molecular weight excluding hydrogens is 381 g/mol. The van der Waals surface area contributed by atoms with Crippen molar-refractivity contribution in [1.29, 1.82) is 0 Å². The molecule has 1 N–H and O–H groups in total. The molecule has 0 unspecified atom stereocenters. The molecule has 0 bridgehead atoms. The lowest BCUT2D eigenvalue weighted by atomic mass is 9.86. The molecule has 1 saturated heterocycles. The molecule has 29 heavy (non-hydrogen) atoms. The second-order valence-electron chi connectivity index (χ2n) is 8.25. The van der Waals surface area contributed by atoms with E-state index in [4.69, 9.17) is 0 Å². The van der Waals surface area contributed by atoms with Crippen molar-refractivity contribution < 1.29 is 22.8 Å². The second-order valence-corrected chi connectivity index (χ2v) is 8.25. The first kappa shape index (κ1) is 21.7. The highest BCUT2D eigenvalue weighted by Gasteiger charge is 2.30. The van der Waals surface area contributed by atoms with Gasteiger partial charge in [-0.3, -0.25) is 9.59 Å². The summed E-state index contributed by atoms with van der Waals surface area (Å²) in [5, 5.41) is 2.88. The highest BCUT2D eigenvalue weighted by Crippen LogP contribution is 2.29. The van der Waals surface area contributed by atoms with Gasteiger partial charge in [-0.15, -0.1) is 0 Å². The Morgan fingerprint density at radius 3 is 2.17 bits per heavy atom.